The van der Waals surface area contributed by atoms with E-state index in [4.69, 9.17) is 11.5 Å². The topological polar surface area (TPSA) is 52.0 Å². The largest absolute Gasteiger partial charge is 0.327 e. The molecular formula is C22H46N2. The van der Waals surface area contributed by atoms with E-state index in [9.17, 15) is 0 Å². The molecule has 2 nitrogen and oxygen atoms in total. The minimum atomic E-state index is 0.0714. The molecule has 1 aliphatic rings. The molecule has 0 amide bonds. The van der Waals surface area contributed by atoms with Crippen molar-refractivity contribution >= 4 is 0 Å². The van der Waals surface area contributed by atoms with Crippen molar-refractivity contribution in [2.75, 3.05) is 0 Å². The van der Waals surface area contributed by atoms with Gasteiger partial charge in [-0.15, -0.1) is 0 Å². The number of rotatable bonds is 14. The number of hydrogen-bond acceptors (Lipinski definition) is 2. The molecule has 1 saturated carbocycles. The van der Waals surface area contributed by atoms with E-state index in [1.807, 2.05) is 0 Å². The summed E-state index contributed by atoms with van der Waals surface area (Å²) in [6.45, 7) is 4.51. The molecule has 1 fully saturated rings. The van der Waals surface area contributed by atoms with Crippen molar-refractivity contribution in [1.82, 2.24) is 0 Å². The summed E-state index contributed by atoms with van der Waals surface area (Å²) in [4.78, 5) is 0. The van der Waals surface area contributed by atoms with Gasteiger partial charge in [-0.1, -0.05) is 84.0 Å². The molecular weight excluding hydrogens is 292 g/mol. The van der Waals surface area contributed by atoms with Crippen molar-refractivity contribution in [2.45, 2.75) is 135 Å². The summed E-state index contributed by atoms with van der Waals surface area (Å²) in [6, 6.07) is 0.478. The van der Waals surface area contributed by atoms with Crippen LogP contribution in [0, 0.1) is 5.92 Å². The summed E-state index contributed by atoms with van der Waals surface area (Å²) in [5.74, 6) is 0.827. The first kappa shape index (κ1) is 22.0. The second-order valence-corrected chi connectivity index (χ2v) is 8.83. The van der Waals surface area contributed by atoms with E-state index < -0.39 is 0 Å². The SMILES string of the molecule is CCCCCC(C)(N)CCCCCCCCC(N)C1CCCCC1. The first-order valence-electron chi connectivity index (χ1n) is 11.1. The van der Waals surface area contributed by atoms with Gasteiger partial charge in [-0.25, -0.2) is 0 Å². The molecule has 2 unspecified atom stereocenters. The fourth-order valence-electron chi connectivity index (χ4n) is 4.32. The van der Waals surface area contributed by atoms with Gasteiger partial charge in [0.25, 0.3) is 0 Å². The predicted octanol–water partition coefficient (Wildman–Crippen LogP) is 6.31. The Labute approximate surface area is 152 Å². The van der Waals surface area contributed by atoms with E-state index in [0.717, 1.165) is 5.92 Å². The third-order valence-electron chi connectivity index (χ3n) is 6.14. The number of nitrogens with two attached hydrogens (primary N) is 2. The zero-order valence-electron chi connectivity index (χ0n) is 16.8. The van der Waals surface area contributed by atoms with Crippen molar-refractivity contribution < 1.29 is 0 Å². The minimum absolute atomic E-state index is 0.0714. The van der Waals surface area contributed by atoms with Crippen LogP contribution in [0.25, 0.3) is 0 Å². The second-order valence-electron chi connectivity index (χ2n) is 8.83. The quantitative estimate of drug-likeness (QED) is 0.364. The van der Waals surface area contributed by atoms with Gasteiger partial charge in [-0.3, -0.25) is 0 Å². The first-order valence-corrected chi connectivity index (χ1v) is 11.1. The molecule has 0 spiro atoms. The van der Waals surface area contributed by atoms with Crippen LogP contribution in [0.1, 0.15) is 123 Å². The van der Waals surface area contributed by atoms with Crippen molar-refractivity contribution in [2.24, 2.45) is 17.4 Å². The molecule has 4 N–H and O–H groups in total. The average molecular weight is 339 g/mol. The summed E-state index contributed by atoms with van der Waals surface area (Å²) < 4.78 is 0. The van der Waals surface area contributed by atoms with Gasteiger partial charge in [0.05, 0.1) is 0 Å². The van der Waals surface area contributed by atoms with E-state index >= 15 is 0 Å². The highest BCUT2D eigenvalue weighted by Gasteiger charge is 2.20. The highest BCUT2D eigenvalue weighted by molar-refractivity contribution is 4.78. The van der Waals surface area contributed by atoms with Gasteiger partial charge in [-0.05, 0) is 44.9 Å². The molecule has 0 aliphatic heterocycles. The average Bonchev–Trinajstić information content (AvgIpc) is 2.58. The maximum Gasteiger partial charge on any atom is 0.0125 e. The van der Waals surface area contributed by atoms with Crippen molar-refractivity contribution in [3.63, 3.8) is 0 Å². The molecule has 0 heterocycles. The molecule has 2 heteroatoms. The Hall–Kier alpha value is -0.0800. The van der Waals surface area contributed by atoms with Crippen molar-refractivity contribution in [1.29, 1.82) is 0 Å². The second kappa shape index (κ2) is 13.2. The monoisotopic (exact) mass is 338 g/mol. The van der Waals surface area contributed by atoms with Gasteiger partial charge in [0.1, 0.15) is 0 Å². The van der Waals surface area contributed by atoms with Gasteiger partial charge in [-0.2, -0.15) is 0 Å². The highest BCUT2D eigenvalue weighted by Crippen LogP contribution is 2.27. The molecule has 0 aromatic carbocycles. The molecule has 2 atom stereocenters. The molecule has 144 valence electrons. The summed E-state index contributed by atoms with van der Waals surface area (Å²) in [6.07, 6.45) is 22.7. The molecule has 0 aromatic rings. The Morgan fingerprint density at radius 1 is 0.833 bits per heavy atom. The van der Waals surface area contributed by atoms with Crippen LogP contribution in [0.2, 0.25) is 0 Å². The lowest BCUT2D eigenvalue weighted by Crippen LogP contribution is -2.35. The predicted molar refractivity (Wildman–Crippen MR) is 108 cm³/mol. The lowest BCUT2D eigenvalue weighted by Gasteiger charge is -2.27. The zero-order valence-corrected chi connectivity index (χ0v) is 16.8. The number of unbranched alkanes of at least 4 members (excludes halogenated alkanes) is 7. The van der Waals surface area contributed by atoms with Crippen LogP contribution in [0.3, 0.4) is 0 Å². The van der Waals surface area contributed by atoms with Gasteiger partial charge in [0, 0.05) is 11.6 Å². The standard InChI is InChI=1S/C22H46N2/c1-3-4-13-18-22(2,24)19-14-8-6-5-7-12-17-21(23)20-15-10-9-11-16-20/h20-21H,3-19,23-24H2,1-2H3. The maximum atomic E-state index is 6.41. The summed E-state index contributed by atoms with van der Waals surface area (Å²) in [5.41, 5.74) is 12.9. The molecule has 0 saturated heterocycles. The fraction of sp³-hybridized carbons (Fsp3) is 1.00. The Balaban J connectivity index is 1.91. The van der Waals surface area contributed by atoms with Gasteiger partial charge >= 0.3 is 0 Å². The van der Waals surface area contributed by atoms with E-state index in [2.05, 4.69) is 13.8 Å². The molecule has 1 rings (SSSR count). The van der Waals surface area contributed by atoms with E-state index in [1.54, 1.807) is 0 Å². The molecule has 0 aromatic heterocycles. The van der Waals surface area contributed by atoms with Crippen LogP contribution in [-0.4, -0.2) is 11.6 Å². The number of hydrogen-bond donors (Lipinski definition) is 2. The van der Waals surface area contributed by atoms with Crippen LogP contribution in [0.15, 0.2) is 0 Å². The Kier molecular flexibility index (Phi) is 12.0. The lowest BCUT2D eigenvalue weighted by molar-refractivity contribution is 0.290. The Morgan fingerprint density at radius 3 is 2.00 bits per heavy atom. The van der Waals surface area contributed by atoms with Crippen LogP contribution in [0.5, 0.6) is 0 Å². The van der Waals surface area contributed by atoms with Crippen molar-refractivity contribution in [3.05, 3.63) is 0 Å². The van der Waals surface area contributed by atoms with E-state index in [0.29, 0.717) is 6.04 Å². The third kappa shape index (κ3) is 10.7. The van der Waals surface area contributed by atoms with Crippen LogP contribution in [-0.2, 0) is 0 Å². The summed E-state index contributed by atoms with van der Waals surface area (Å²) >= 11 is 0. The van der Waals surface area contributed by atoms with Gasteiger partial charge in [0.15, 0.2) is 0 Å². The van der Waals surface area contributed by atoms with Crippen molar-refractivity contribution in [3.8, 4) is 0 Å². The molecule has 1 aliphatic carbocycles. The highest BCUT2D eigenvalue weighted by atomic mass is 14.7. The van der Waals surface area contributed by atoms with Crippen LogP contribution < -0.4 is 11.5 Å². The molecule has 0 radical (unpaired) electrons. The molecule has 0 bridgehead atoms. The zero-order chi connectivity index (χ0) is 17.7. The summed E-state index contributed by atoms with van der Waals surface area (Å²) in [7, 11) is 0. The molecule has 24 heavy (non-hydrogen) atoms. The van der Waals surface area contributed by atoms with E-state index in [-0.39, 0.29) is 5.54 Å². The minimum Gasteiger partial charge on any atom is -0.327 e. The third-order valence-corrected chi connectivity index (χ3v) is 6.14. The van der Waals surface area contributed by atoms with Gasteiger partial charge in [0.2, 0.25) is 0 Å². The lowest BCUT2D eigenvalue weighted by atomic mass is 9.82. The van der Waals surface area contributed by atoms with Crippen LogP contribution in [0.4, 0.5) is 0 Å². The Bertz CT molecular complexity index is 282. The first-order chi connectivity index (χ1) is 11.5. The maximum absolute atomic E-state index is 6.41. The van der Waals surface area contributed by atoms with Crippen LogP contribution >= 0.6 is 0 Å². The fourth-order valence-corrected chi connectivity index (χ4v) is 4.32. The Morgan fingerprint density at radius 2 is 1.38 bits per heavy atom. The van der Waals surface area contributed by atoms with Gasteiger partial charge < -0.3 is 11.5 Å². The van der Waals surface area contributed by atoms with E-state index in [1.165, 1.54) is 109 Å². The smallest absolute Gasteiger partial charge is 0.0125 e. The normalized spacial score (nSPS) is 20.0. The summed E-state index contributed by atoms with van der Waals surface area (Å²) in [5, 5.41) is 0.